The third-order valence-corrected chi connectivity index (χ3v) is 2.52. The summed E-state index contributed by atoms with van der Waals surface area (Å²) < 4.78 is 7.28. The number of hydrogen-bond donors (Lipinski definition) is 2. The van der Waals surface area contributed by atoms with Crippen molar-refractivity contribution in [2.75, 3.05) is 0 Å². The smallest absolute Gasteiger partial charge is 0.303 e. The lowest BCUT2D eigenvalue weighted by Gasteiger charge is -2.08. The molecule has 1 heterocycles. The van der Waals surface area contributed by atoms with E-state index in [1.807, 2.05) is 37.3 Å². The molecule has 0 amide bonds. The first-order valence-electron chi connectivity index (χ1n) is 5.36. The number of aliphatic hydroxyl groups is 1. The summed E-state index contributed by atoms with van der Waals surface area (Å²) >= 11 is 0. The van der Waals surface area contributed by atoms with Gasteiger partial charge in [0.1, 0.15) is 5.75 Å². The highest BCUT2D eigenvalue weighted by molar-refractivity contribution is 5.27. The largest absolute Gasteiger partial charge is 0.425 e. The number of benzene rings is 1. The third kappa shape index (κ3) is 2.30. The number of imidazole rings is 1. The molecular weight excluding hydrogens is 218 g/mol. The normalized spacial score (nSPS) is 10.5. The molecule has 1 aromatic heterocycles. The van der Waals surface area contributed by atoms with E-state index in [9.17, 15) is 5.11 Å². The zero-order valence-corrected chi connectivity index (χ0v) is 9.63. The van der Waals surface area contributed by atoms with E-state index < -0.39 is 0 Å². The van der Waals surface area contributed by atoms with Crippen molar-refractivity contribution in [2.45, 2.75) is 20.2 Å². The van der Waals surface area contributed by atoms with Crippen LogP contribution < -0.4 is 10.5 Å². The van der Waals surface area contributed by atoms with Crippen molar-refractivity contribution in [2.24, 2.45) is 5.73 Å². The second kappa shape index (κ2) is 4.99. The van der Waals surface area contributed by atoms with Crippen LogP contribution in [0.4, 0.5) is 0 Å². The van der Waals surface area contributed by atoms with E-state index in [0.717, 1.165) is 5.69 Å². The molecule has 0 spiro atoms. The fourth-order valence-electron chi connectivity index (χ4n) is 1.64. The minimum absolute atomic E-state index is 0.103. The number of aryl methyl sites for hydroxylation is 1. The van der Waals surface area contributed by atoms with E-state index in [0.29, 0.717) is 17.5 Å². The molecule has 0 aliphatic carbocycles. The van der Waals surface area contributed by atoms with Crippen LogP contribution in [0.3, 0.4) is 0 Å². The Bertz CT molecular complexity index is 494. The van der Waals surface area contributed by atoms with E-state index in [1.165, 1.54) is 0 Å². The number of aromatic nitrogens is 2. The van der Waals surface area contributed by atoms with Crippen molar-refractivity contribution < 1.29 is 9.84 Å². The molecule has 0 aliphatic rings. The van der Waals surface area contributed by atoms with Gasteiger partial charge in [-0.3, -0.25) is 4.57 Å². The molecule has 5 nitrogen and oxygen atoms in total. The van der Waals surface area contributed by atoms with E-state index in [4.69, 9.17) is 10.5 Å². The van der Waals surface area contributed by atoms with Gasteiger partial charge in [0.15, 0.2) is 0 Å². The summed E-state index contributed by atoms with van der Waals surface area (Å²) in [6, 6.07) is 9.75. The van der Waals surface area contributed by atoms with Crippen molar-refractivity contribution in [3.63, 3.8) is 0 Å². The molecule has 2 aromatic rings. The second-order valence-corrected chi connectivity index (χ2v) is 3.61. The van der Waals surface area contributed by atoms with Crippen LogP contribution in [0.5, 0.6) is 11.8 Å². The molecule has 1 aromatic carbocycles. The highest BCUT2D eigenvalue weighted by Crippen LogP contribution is 2.23. The number of aliphatic hydroxyl groups excluding tert-OH is 1. The molecule has 2 rings (SSSR count). The molecule has 0 bridgehead atoms. The minimum Gasteiger partial charge on any atom is -0.425 e. The lowest BCUT2D eigenvalue weighted by molar-refractivity contribution is 0.267. The number of hydrogen-bond acceptors (Lipinski definition) is 4. The minimum atomic E-state index is -0.103. The summed E-state index contributed by atoms with van der Waals surface area (Å²) in [5, 5.41) is 9.24. The molecule has 3 N–H and O–H groups in total. The SMILES string of the molecule is Cc1nc(Oc2ccccc2)n(CN)c1CO. The third-order valence-electron chi connectivity index (χ3n) is 2.52. The van der Waals surface area contributed by atoms with Crippen molar-refractivity contribution in [1.29, 1.82) is 0 Å². The predicted octanol–water partition coefficient (Wildman–Crippen LogP) is 1.39. The number of ether oxygens (including phenoxy) is 1. The standard InChI is InChI=1S/C12H15N3O2/c1-9-11(7-16)15(8-13)12(14-9)17-10-5-3-2-4-6-10/h2-6,16H,7-8,13H2,1H3. The summed E-state index contributed by atoms with van der Waals surface area (Å²) in [4.78, 5) is 4.25. The quantitative estimate of drug-likeness (QED) is 0.837. The molecule has 0 unspecified atom stereocenters. The Balaban J connectivity index is 2.33. The first-order valence-corrected chi connectivity index (χ1v) is 5.36. The Morgan fingerprint density at radius 1 is 1.35 bits per heavy atom. The number of nitrogens with zero attached hydrogens (tertiary/aromatic N) is 2. The fraction of sp³-hybridized carbons (Fsp3) is 0.250. The Morgan fingerprint density at radius 2 is 2.06 bits per heavy atom. The van der Waals surface area contributed by atoms with Gasteiger partial charge in [-0.1, -0.05) is 18.2 Å². The molecule has 0 fully saturated rings. The summed E-state index contributed by atoms with van der Waals surface area (Å²) in [7, 11) is 0. The maximum Gasteiger partial charge on any atom is 0.303 e. The van der Waals surface area contributed by atoms with E-state index in [2.05, 4.69) is 4.98 Å². The van der Waals surface area contributed by atoms with Crippen LogP contribution in [0, 0.1) is 6.92 Å². The van der Waals surface area contributed by atoms with Crippen LogP contribution in [-0.4, -0.2) is 14.7 Å². The van der Waals surface area contributed by atoms with Gasteiger partial charge >= 0.3 is 6.01 Å². The van der Waals surface area contributed by atoms with Gasteiger partial charge in [0.2, 0.25) is 0 Å². The number of rotatable bonds is 4. The highest BCUT2D eigenvalue weighted by Gasteiger charge is 2.14. The Labute approximate surface area is 99.5 Å². The molecule has 5 heteroatoms. The van der Waals surface area contributed by atoms with E-state index >= 15 is 0 Å². The van der Waals surface area contributed by atoms with Crippen LogP contribution in [0.2, 0.25) is 0 Å². The van der Waals surface area contributed by atoms with Crippen LogP contribution in [0.1, 0.15) is 11.4 Å². The maximum absolute atomic E-state index is 9.24. The molecule has 0 aliphatic heterocycles. The fourth-order valence-corrected chi connectivity index (χ4v) is 1.64. The summed E-state index contributed by atoms with van der Waals surface area (Å²) in [5.74, 6) is 0.691. The van der Waals surface area contributed by atoms with E-state index in [1.54, 1.807) is 4.57 Å². The van der Waals surface area contributed by atoms with Gasteiger partial charge in [-0.25, -0.2) is 0 Å². The van der Waals surface area contributed by atoms with Gasteiger partial charge in [-0.15, -0.1) is 0 Å². The molecule has 17 heavy (non-hydrogen) atoms. The number of nitrogens with two attached hydrogens (primary N) is 1. The monoisotopic (exact) mass is 233 g/mol. The molecule has 0 radical (unpaired) electrons. The van der Waals surface area contributed by atoms with Gasteiger partial charge in [0, 0.05) is 0 Å². The van der Waals surface area contributed by atoms with Gasteiger partial charge in [0.25, 0.3) is 0 Å². The van der Waals surface area contributed by atoms with Gasteiger partial charge < -0.3 is 15.6 Å². The van der Waals surface area contributed by atoms with Crippen LogP contribution in [0.15, 0.2) is 30.3 Å². The van der Waals surface area contributed by atoms with Crippen molar-refractivity contribution in [3.05, 3.63) is 41.7 Å². The molecular formula is C12H15N3O2. The van der Waals surface area contributed by atoms with Gasteiger partial charge in [0.05, 0.1) is 24.7 Å². The lowest BCUT2D eigenvalue weighted by Crippen LogP contribution is -2.12. The maximum atomic E-state index is 9.24. The molecule has 0 saturated carbocycles. The van der Waals surface area contributed by atoms with E-state index in [-0.39, 0.29) is 13.3 Å². The van der Waals surface area contributed by atoms with Gasteiger partial charge in [-0.2, -0.15) is 4.98 Å². The zero-order chi connectivity index (χ0) is 12.3. The van der Waals surface area contributed by atoms with Crippen LogP contribution in [0.25, 0.3) is 0 Å². The predicted molar refractivity (Wildman–Crippen MR) is 63.6 cm³/mol. The lowest BCUT2D eigenvalue weighted by atomic mass is 10.3. The molecule has 0 saturated heterocycles. The summed E-state index contributed by atoms with van der Waals surface area (Å²) in [6.07, 6.45) is 0. The van der Waals surface area contributed by atoms with Crippen molar-refractivity contribution >= 4 is 0 Å². The zero-order valence-electron chi connectivity index (χ0n) is 9.63. The molecule has 0 atom stereocenters. The van der Waals surface area contributed by atoms with Gasteiger partial charge in [-0.05, 0) is 19.1 Å². The first kappa shape index (κ1) is 11.6. The Hall–Kier alpha value is -1.85. The molecule has 90 valence electrons. The summed E-state index contributed by atoms with van der Waals surface area (Å²) in [5.41, 5.74) is 7.03. The summed E-state index contributed by atoms with van der Waals surface area (Å²) in [6.45, 7) is 1.93. The Kier molecular flexibility index (Phi) is 3.41. The average Bonchev–Trinajstić information content (AvgIpc) is 2.65. The topological polar surface area (TPSA) is 73.3 Å². The number of para-hydroxylation sites is 1. The van der Waals surface area contributed by atoms with Crippen molar-refractivity contribution in [1.82, 2.24) is 9.55 Å². The van der Waals surface area contributed by atoms with Crippen molar-refractivity contribution in [3.8, 4) is 11.8 Å². The second-order valence-electron chi connectivity index (χ2n) is 3.61. The highest BCUT2D eigenvalue weighted by atomic mass is 16.5. The average molecular weight is 233 g/mol. The Morgan fingerprint density at radius 3 is 2.65 bits per heavy atom. The van der Waals surface area contributed by atoms with Crippen LogP contribution in [-0.2, 0) is 13.3 Å². The van der Waals surface area contributed by atoms with Crippen LogP contribution >= 0.6 is 0 Å². The first-order chi connectivity index (χ1) is 8.26.